The molecule has 33 heavy (non-hydrogen) atoms. The molecule has 0 saturated carbocycles. The van der Waals surface area contributed by atoms with Crippen molar-refractivity contribution in [2.45, 2.75) is 37.8 Å². The van der Waals surface area contributed by atoms with E-state index in [-0.39, 0.29) is 24.1 Å². The number of carbonyl (C=O) groups is 2. The van der Waals surface area contributed by atoms with Gasteiger partial charge >= 0.3 is 5.97 Å². The summed E-state index contributed by atoms with van der Waals surface area (Å²) >= 11 is 2.58. The number of hydrogen-bond donors (Lipinski definition) is 2. The average Bonchev–Trinajstić information content (AvgIpc) is 3.34. The van der Waals surface area contributed by atoms with Crippen LogP contribution in [0.2, 0.25) is 0 Å². The van der Waals surface area contributed by atoms with E-state index in [2.05, 4.69) is 25.5 Å². The Kier molecular flexibility index (Phi) is 5.98. The maximum absolute atomic E-state index is 13.5. The van der Waals surface area contributed by atoms with Gasteiger partial charge < -0.3 is 15.0 Å². The predicted molar refractivity (Wildman–Crippen MR) is 125 cm³/mol. The smallest absolute Gasteiger partial charge is 0.341 e. The molecule has 170 valence electrons. The van der Waals surface area contributed by atoms with Crippen molar-refractivity contribution in [3.8, 4) is 0 Å². The standard InChI is InChI=1S/C22H20FN5O3S2/c1-2-31-21(30)17-12-5-3-4-6-15(12)33-20(17)25-16(29)10-32-22-26-19-18(27-28-22)13-9-11(23)7-8-14(13)24-19/h7-9H,2-6,10H2,1H3,(H,25,29)(H,24,26,28). The Balaban J connectivity index is 1.32. The highest BCUT2D eigenvalue weighted by Crippen LogP contribution is 2.38. The topological polar surface area (TPSA) is 110 Å². The van der Waals surface area contributed by atoms with Gasteiger partial charge in [-0.15, -0.1) is 21.5 Å². The molecule has 0 spiro atoms. The number of esters is 1. The fraction of sp³-hybridized carbons (Fsp3) is 0.318. The summed E-state index contributed by atoms with van der Waals surface area (Å²) in [5, 5.41) is 12.6. The molecule has 11 heteroatoms. The third-order valence-corrected chi connectivity index (χ3v) is 7.44. The summed E-state index contributed by atoms with van der Waals surface area (Å²) in [4.78, 5) is 33.9. The number of rotatable bonds is 6. The zero-order valence-electron chi connectivity index (χ0n) is 17.7. The second kappa shape index (κ2) is 9.06. The molecule has 1 amide bonds. The molecule has 1 aliphatic rings. The first-order valence-electron chi connectivity index (χ1n) is 10.6. The number of nitrogens with zero attached hydrogens (tertiary/aromatic N) is 3. The number of carbonyl (C=O) groups excluding carboxylic acids is 2. The SMILES string of the molecule is CCOC(=O)c1c(NC(=O)CSc2nnc3c(n2)[nH]c2ccc(F)cc23)sc2c1CCCC2. The Labute approximate surface area is 196 Å². The summed E-state index contributed by atoms with van der Waals surface area (Å²) in [7, 11) is 0. The van der Waals surface area contributed by atoms with Gasteiger partial charge in [-0.25, -0.2) is 14.2 Å². The minimum atomic E-state index is -0.395. The lowest BCUT2D eigenvalue weighted by molar-refractivity contribution is -0.113. The van der Waals surface area contributed by atoms with E-state index < -0.39 is 5.97 Å². The third-order valence-electron chi connectivity index (χ3n) is 5.39. The first-order chi connectivity index (χ1) is 16.0. The molecule has 0 bridgehead atoms. The maximum Gasteiger partial charge on any atom is 0.341 e. The van der Waals surface area contributed by atoms with E-state index in [1.165, 1.54) is 23.5 Å². The number of aromatic nitrogens is 4. The van der Waals surface area contributed by atoms with E-state index in [0.717, 1.165) is 47.9 Å². The van der Waals surface area contributed by atoms with Crippen molar-refractivity contribution in [3.63, 3.8) is 0 Å². The Morgan fingerprint density at radius 3 is 2.97 bits per heavy atom. The van der Waals surface area contributed by atoms with Crippen molar-refractivity contribution in [2.24, 2.45) is 0 Å². The highest BCUT2D eigenvalue weighted by atomic mass is 32.2. The van der Waals surface area contributed by atoms with Crippen molar-refractivity contribution in [1.82, 2.24) is 20.2 Å². The molecule has 2 N–H and O–H groups in total. The first-order valence-corrected chi connectivity index (χ1v) is 12.4. The molecular formula is C22H20FN5O3S2. The summed E-state index contributed by atoms with van der Waals surface area (Å²) < 4.78 is 18.8. The van der Waals surface area contributed by atoms with Gasteiger partial charge in [0.15, 0.2) is 5.65 Å². The zero-order chi connectivity index (χ0) is 22.9. The second-order valence-electron chi connectivity index (χ2n) is 7.58. The molecule has 1 aliphatic carbocycles. The molecule has 3 heterocycles. The lowest BCUT2D eigenvalue weighted by atomic mass is 9.95. The minimum absolute atomic E-state index is 0.0485. The zero-order valence-corrected chi connectivity index (χ0v) is 19.4. The molecule has 3 aromatic heterocycles. The van der Waals surface area contributed by atoms with Crippen LogP contribution in [0.15, 0.2) is 23.4 Å². The molecule has 0 radical (unpaired) electrons. The van der Waals surface area contributed by atoms with E-state index >= 15 is 0 Å². The van der Waals surface area contributed by atoms with Crippen LogP contribution >= 0.6 is 23.1 Å². The summed E-state index contributed by atoms with van der Waals surface area (Å²) in [6.45, 7) is 2.04. The predicted octanol–water partition coefficient (Wildman–Crippen LogP) is 4.49. The van der Waals surface area contributed by atoms with E-state index in [0.29, 0.717) is 37.8 Å². The van der Waals surface area contributed by atoms with Gasteiger partial charge in [-0.1, -0.05) is 11.8 Å². The van der Waals surface area contributed by atoms with Crippen molar-refractivity contribution >= 4 is 62.0 Å². The number of benzene rings is 1. The van der Waals surface area contributed by atoms with Gasteiger partial charge in [0.1, 0.15) is 16.3 Å². The highest BCUT2D eigenvalue weighted by molar-refractivity contribution is 7.99. The Morgan fingerprint density at radius 1 is 1.27 bits per heavy atom. The molecule has 1 aromatic carbocycles. The molecule has 0 fully saturated rings. The molecule has 0 atom stereocenters. The Bertz CT molecular complexity index is 1380. The molecule has 4 aromatic rings. The van der Waals surface area contributed by atoms with Crippen LogP contribution in [0.1, 0.15) is 40.6 Å². The van der Waals surface area contributed by atoms with Gasteiger partial charge in [0, 0.05) is 15.8 Å². The van der Waals surface area contributed by atoms with E-state index in [1.807, 2.05) is 0 Å². The molecule has 0 unspecified atom stereocenters. The van der Waals surface area contributed by atoms with Crippen LogP contribution in [0.4, 0.5) is 9.39 Å². The minimum Gasteiger partial charge on any atom is -0.462 e. The van der Waals surface area contributed by atoms with Gasteiger partial charge in [-0.2, -0.15) is 0 Å². The fourth-order valence-electron chi connectivity index (χ4n) is 3.96. The Morgan fingerprint density at radius 2 is 2.12 bits per heavy atom. The molecule has 5 rings (SSSR count). The van der Waals surface area contributed by atoms with Crippen LogP contribution in [0, 0.1) is 5.82 Å². The molecular weight excluding hydrogens is 465 g/mol. The normalized spacial score (nSPS) is 13.3. The Hall–Kier alpha value is -3.05. The molecule has 0 aliphatic heterocycles. The van der Waals surface area contributed by atoms with Gasteiger partial charge in [0.2, 0.25) is 11.1 Å². The molecule has 0 saturated heterocycles. The van der Waals surface area contributed by atoms with Crippen LogP contribution < -0.4 is 5.32 Å². The van der Waals surface area contributed by atoms with Crippen molar-refractivity contribution in [3.05, 3.63) is 40.0 Å². The number of H-pyrrole nitrogens is 1. The van der Waals surface area contributed by atoms with Gasteiger partial charge in [-0.3, -0.25) is 4.79 Å². The number of thiophene rings is 1. The number of hydrogen-bond acceptors (Lipinski definition) is 8. The average molecular weight is 486 g/mol. The summed E-state index contributed by atoms with van der Waals surface area (Å²) in [5.74, 6) is -0.982. The van der Waals surface area contributed by atoms with Crippen LogP contribution in [0.3, 0.4) is 0 Å². The van der Waals surface area contributed by atoms with E-state index in [1.54, 1.807) is 13.0 Å². The summed E-state index contributed by atoms with van der Waals surface area (Å²) in [5.41, 5.74) is 3.15. The fourth-order valence-corrected chi connectivity index (χ4v) is 5.84. The lowest BCUT2D eigenvalue weighted by Gasteiger charge is -2.12. The van der Waals surface area contributed by atoms with E-state index in [9.17, 15) is 14.0 Å². The number of aryl methyl sites for hydroxylation is 1. The largest absolute Gasteiger partial charge is 0.462 e. The monoisotopic (exact) mass is 485 g/mol. The van der Waals surface area contributed by atoms with Crippen molar-refractivity contribution in [2.75, 3.05) is 17.7 Å². The highest BCUT2D eigenvalue weighted by Gasteiger charge is 2.27. The van der Waals surface area contributed by atoms with Crippen molar-refractivity contribution < 1.29 is 18.7 Å². The molecule has 8 nitrogen and oxygen atoms in total. The number of fused-ring (bicyclic) bond motifs is 4. The van der Waals surface area contributed by atoms with Gasteiger partial charge in [0.25, 0.3) is 0 Å². The lowest BCUT2D eigenvalue weighted by Crippen LogP contribution is -2.17. The van der Waals surface area contributed by atoms with Crippen molar-refractivity contribution in [1.29, 1.82) is 0 Å². The number of nitrogens with one attached hydrogen (secondary N) is 2. The van der Waals surface area contributed by atoms with Gasteiger partial charge in [0.05, 0.1) is 17.9 Å². The quantitative estimate of drug-likeness (QED) is 0.306. The van der Waals surface area contributed by atoms with Crippen LogP contribution in [-0.2, 0) is 22.4 Å². The van der Waals surface area contributed by atoms with Crippen LogP contribution in [0.5, 0.6) is 0 Å². The number of ether oxygens (including phenoxy) is 1. The third kappa shape index (κ3) is 4.30. The number of aromatic amines is 1. The first kappa shape index (κ1) is 21.8. The van der Waals surface area contributed by atoms with Crippen LogP contribution in [0.25, 0.3) is 22.1 Å². The number of thioether (sulfide) groups is 1. The van der Waals surface area contributed by atoms with Gasteiger partial charge in [-0.05, 0) is 56.4 Å². The second-order valence-corrected chi connectivity index (χ2v) is 9.63. The number of halogens is 1. The van der Waals surface area contributed by atoms with E-state index in [4.69, 9.17) is 4.74 Å². The van der Waals surface area contributed by atoms with Crippen LogP contribution in [-0.4, -0.2) is 44.4 Å². The summed E-state index contributed by atoms with van der Waals surface area (Å²) in [6, 6.07) is 4.36. The summed E-state index contributed by atoms with van der Waals surface area (Å²) in [6.07, 6.45) is 3.82. The number of amides is 1. The number of anilines is 1. The maximum atomic E-state index is 13.5.